The molecule has 124 valence electrons. The first-order valence-corrected chi connectivity index (χ1v) is 8.85. The average Bonchev–Trinajstić information content (AvgIpc) is 3.28. The molecule has 0 radical (unpaired) electrons. The summed E-state index contributed by atoms with van der Waals surface area (Å²) in [5.41, 5.74) is 2.87. The molecule has 0 aliphatic carbocycles. The summed E-state index contributed by atoms with van der Waals surface area (Å²) in [6.45, 7) is 0.396. The number of aromatic nitrogens is 3. The van der Waals surface area contributed by atoms with Crippen LogP contribution >= 0.6 is 11.3 Å². The molecule has 0 aliphatic heterocycles. The Bertz CT molecular complexity index is 1010. The van der Waals surface area contributed by atoms with Crippen molar-refractivity contribution in [2.45, 2.75) is 13.0 Å². The molecule has 1 aromatic carbocycles. The molecule has 0 saturated heterocycles. The summed E-state index contributed by atoms with van der Waals surface area (Å²) < 4.78 is 1.97. The number of amides is 1. The maximum absolute atomic E-state index is 12.2. The Morgan fingerprint density at radius 1 is 1.12 bits per heavy atom. The molecule has 4 aromatic rings. The second-order valence-electron chi connectivity index (χ2n) is 5.63. The molecule has 25 heavy (non-hydrogen) atoms. The van der Waals surface area contributed by atoms with Crippen molar-refractivity contribution in [1.29, 1.82) is 0 Å². The Balaban J connectivity index is 1.39. The number of thiazole rings is 1. The molecule has 3 heterocycles. The van der Waals surface area contributed by atoms with Crippen molar-refractivity contribution in [2.24, 2.45) is 0 Å². The van der Waals surface area contributed by atoms with Gasteiger partial charge >= 0.3 is 0 Å². The Morgan fingerprint density at radius 3 is 2.84 bits per heavy atom. The minimum atomic E-state index is -0.0578. The van der Waals surface area contributed by atoms with Gasteiger partial charge in [-0.3, -0.25) is 4.79 Å². The summed E-state index contributed by atoms with van der Waals surface area (Å²) in [7, 11) is 0. The lowest BCUT2D eigenvalue weighted by atomic mass is 10.2. The van der Waals surface area contributed by atoms with E-state index in [0.29, 0.717) is 6.54 Å². The molecule has 0 saturated carbocycles. The van der Waals surface area contributed by atoms with E-state index in [1.54, 1.807) is 17.5 Å². The lowest BCUT2D eigenvalue weighted by molar-refractivity contribution is -0.120. The number of benzene rings is 1. The fourth-order valence-electron chi connectivity index (χ4n) is 2.64. The highest BCUT2D eigenvalue weighted by Gasteiger charge is 2.10. The van der Waals surface area contributed by atoms with Crippen LogP contribution in [0.3, 0.4) is 0 Å². The number of nitrogens with zero attached hydrogens (tertiary/aromatic N) is 3. The first-order valence-electron chi connectivity index (χ1n) is 7.97. The molecule has 1 amide bonds. The SMILES string of the molecule is O=C(Cc1csc(-c2ccccc2)n1)NCc1ncc2ccccn12. The van der Waals surface area contributed by atoms with Crippen LogP contribution in [0.1, 0.15) is 11.5 Å². The van der Waals surface area contributed by atoms with Gasteiger partial charge in [-0.25, -0.2) is 9.97 Å². The third-order valence-electron chi connectivity index (χ3n) is 3.87. The molecule has 3 aromatic heterocycles. The average molecular weight is 348 g/mol. The van der Waals surface area contributed by atoms with Gasteiger partial charge in [0.25, 0.3) is 0 Å². The molecular weight excluding hydrogens is 332 g/mol. The summed E-state index contributed by atoms with van der Waals surface area (Å²) in [5.74, 6) is 0.754. The topological polar surface area (TPSA) is 59.3 Å². The summed E-state index contributed by atoms with van der Waals surface area (Å²) >= 11 is 1.55. The third kappa shape index (κ3) is 3.44. The molecule has 0 aliphatic rings. The summed E-state index contributed by atoms with van der Waals surface area (Å²) in [4.78, 5) is 21.1. The van der Waals surface area contributed by atoms with Crippen molar-refractivity contribution >= 4 is 22.8 Å². The van der Waals surface area contributed by atoms with Crippen LogP contribution < -0.4 is 5.32 Å². The molecular formula is C19H16N4OS. The zero-order chi connectivity index (χ0) is 17.1. The van der Waals surface area contributed by atoms with Crippen LogP contribution in [0.5, 0.6) is 0 Å². The van der Waals surface area contributed by atoms with Gasteiger partial charge in [-0.1, -0.05) is 36.4 Å². The molecule has 0 atom stereocenters. The van der Waals surface area contributed by atoms with Crippen molar-refractivity contribution in [2.75, 3.05) is 0 Å². The van der Waals surface area contributed by atoms with Crippen LogP contribution in [-0.4, -0.2) is 20.3 Å². The van der Waals surface area contributed by atoms with E-state index in [1.807, 2.05) is 64.5 Å². The van der Waals surface area contributed by atoms with Gasteiger partial charge in [0.15, 0.2) is 0 Å². The number of imidazole rings is 1. The van der Waals surface area contributed by atoms with E-state index in [9.17, 15) is 4.79 Å². The molecule has 6 heteroatoms. The normalized spacial score (nSPS) is 10.9. The van der Waals surface area contributed by atoms with Crippen molar-refractivity contribution in [3.8, 4) is 10.6 Å². The van der Waals surface area contributed by atoms with E-state index < -0.39 is 0 Å². The Morgan fingerprint density at radius 2 is 1.96 bits per heavy atom. The highest BCUT2D eigenvalue weighted by molar-refractivity contribution is 7.13. The van der Waals surface area contributed by atoms with Gasteiger partial charge in [0, 0.05) is 17.1 Å². The molecule has 0 spiro atoms. The number of hydrogen-bond acceptors (Lipinski definition) is 4. The Kier molecular flexibility index (Phi) is 4.26. The molecule has 5 nitrogen and oxygen atoms in total. The first-order chi connectivity index (χ1) is 12.3. The van der Waals surface area contributed by atoms with E-state index >= 15 is 0 Å². The third-order valence-corrected chi connectivity index (χ3v) is 4.81. The van der Waals surface area contributed by atoms with Crippen molar-refractivity contribution in [3.05, 3.63) is 77.8 Å². The van der Waals surface area contributed by atoms with Gasteiger partial charge in [0.2, 0.25) is 5.91 Å². The second kappa shape index (κ2) is 6.86. The van der Waals surface area contributed by atoms with Crippen molar-refractivity contribution in [1.82, 2.24) is 19.7 Å². The van der Waals surface area contributed by atoms with E-state index in [1.165, 1.54) is 0 Å². The zero-order valence-electron chi connectivity index (χ0n) is 13.4. The van der Waals surface area contributed by atoms with Gasteiger partial charge in [0.1, 0.15) is 10.8 Å². The van der Waals surface area contributed by atoms with Crippen molar-refractivity contribution in [3.63, 3.8) is 0 Å². The van der Waals surface area contributed by atoms with Crippen LogP contribution in [-0.2, 0) is 17.8 Å². The van der Waals surface area contributed by atoms with E-state index in [2.05, 4.69) is 15.3 Å². The Hall–Kier alpha value is -2.99. The molecule has 1 N–H and O–H groups in total. The maximum Gasteiger partial charge on any atom is 0.226 e. The number of pyridine rings is 1. The standard InChI is InChI=1S/C19H16N4OS/c24-18(21-12-17-20-11-16-8-4-5-9-23(16)17)10-15-13-25-19(22-15)14-6-2-1-3-7-14/h1-9,11,13H,10,12H2,(H,21,24). The van der Waals surface area contributed by atoms with Gasteiger partial charge in [-0.2, -0.15) is 0 Å². The van der Waals surface area contributed by atoms with E-state index in [4.69, 9.17) is 0 Å². The number of carbonyl (C=O) groups is 1. The lowest BCUT2D eigenvalue weighted by Gasteiger charge is -2.04. The number of fused-ring (bicyclic) bond motifs is 1. The zero-order valence-corrected chi connectivity index (χ0v) is 14.2. The summed E-state index contributed by atoms with van der Waals surface area (Å²) in [5, 5.41) is 5.79. The maximum atomic E-state index is 12.2. The second-order valence-corrected chi connectivity index (χ2v) is 6.49. The number of rotatable bonds is 5. The predicted molar refractivity (Wildman–Crippen MR) is 98.3 cm³/mol. The smallest absolute Gasteiger partial charge is 0.226 e. The minimum Gasteiger partial charge on any atom is -0.349 e. The fourth-order valence-corrected chi connectivity index (χ4v) is 3.46. The highest BCUT2D eigenvalue weighted by Crippen LogP contribution is 2.23. The predicted octanol–water partition coefficient (Wildman–Crippen LogP) is 3.32. The van der Waals surface area contributed by atoms with Gasteiger partial charge in [-0.05, 0) is 12.1 Å². The monoisotopic (exact) mass is 348 g/mol. The van der Waals surface area contributed by atoms with Gasteiger partial charge in [-0.15, -0.1) is 11.3 Å². The number of hydrogen-bond donors (Lipinski definition) is 1. The lowest BCUT2D eigenvalue weighted by Crippen LogP contribution is -2.25. The van der Waals surface area contributed by atoms with Crippen LogP contribution in [0, 0.1) is 0 Å². The molecule has 4 rings (SSSR count). The summed E-state index contributed by atoms with van der Waals surface area (Å²) in [6.07, 6.45) is 4.01. The Labute approximate surface area is 149 Å². The van der Waals surface area contributed by atoms with Crippen LogP contribution in [0.15, 0.2) is 66.3 Å². The van der Waals surface area contributed by atoms with E-state index in [0.717, 1.165) is 27.6 Å². The van der Waals surface area contributed by atoms with Crippen LogP contribution in [0.25, 0.3) is 16.1 Å². The number of nitrogens with one attached hydrogen (secondary N) is 1. The minimum absolute atomic E-state index is 0.0578. The summed E-state index contributed by atoms with van der Waals surface area (Å²) in [6, 6.07) is 15.9. The molecule has 0 fully saturated rings. The van der Waals surface area contributed by atoms with Crippen LogP contribution in [0.4, 0.5) is 0 Å². The molecule has 0 bridgehead atoms. The molecule has 0 unspecified atom stereocenters. The highest BCUT2D eigenvalue weighted by atomic mass is 32.1. The van der Waals surface area contributed by atoms with Gasteiger partial charge in [0.05, 0.1) is 30.4 Å². The first kappa shape index (κ1) is 15.5. The fraction of sp³-hybridized carbons (Fsp3) is 0.105. The number of carbonyl (C=O) groups excluding carboxylic acids is 1. The largest absolute Gasteiger partial charge is 0.349 e. The van der Waals surface area contributed by atoms with E-state index in [-0.39, 0.29) is 12.3 Å². The van der Waals surface area contributed by atoms with Crippen LogP contribution in [0.2, 0.25) is 0 Å². The quantitative estimate of drug-likeness (QED) is 0.602. The van der Waals surface area contributed by atoms with Crippen molar-refractivity contribution < 1.29 is 4.79 Å². The van der Waals surface area contributed by atoms with Gasteiger partial charge < -0.3 is 9.72 Å².